The lowest BCUT2D eigenvalue weighted by Gasteiger charge is -2.32. The van der Waals surface area contributed by atoms with Crippen LogP contribution in [-0.2, 0) is 9.31 Å². The van der Waals surface area contributed by atoms with Gasteiger partial charge in [0.2, 0.25) is 0 Å². The molecule has 3 rings (SSSR count). The largest absolute Gasteiger partial charge is 0.525 e. The van der Waals surface area contributed by atoms with E-state index in [0.29, 0.717) is 16.5 Å². The number of phenols is 2. The number of phenolic OH excluding ortho intramolecular Hbond substituents is 2. The lowest BCUT2D eigenvalue weighted by Crippen LogP contribution is -2.41. The van der Waals surface area contributed by atoms with Gasteiger partial charge < -0.3 is 24.5 Å². The van der Waals surface area contributed by atoms with Crippen molar-refractivity contribution >= 4 is 24.0 Å². The zero-order chi connectivity index (χ0) is 19.4. The molecule has 0 saturated carbocycles. The second kappa shape index (κ2) is 5.85. The number of pyridine rings is 1. The van der Waals surface area contributed by atoms with Crippen molar-refractivity contribution < 1.29 is 23.9 Å². The molecule has 138 valence electrons. The van der Waals surface area contributed by atoms with Crippen molar-refractivity contribution in [3.05, 3.63) is 39.5 Å². The van der Waals surface area contributed by atoms with E-state index in [1.807, 2.05) is 0 Å². The second-order valence-corrected chi connectivity index (χ2v) is 7.50. The molecule has 1 saturated heterocycles. The molecular formula is C18H21BFNO5. The summed E-state index contributed by atoms with van der Waals surface area (Å²) >= 11 is 0. The van der Waals surface area contributed by atoms with Crippen molar-refractivity contribution in [2.45, 2.75) is 45.8 Å². The molecule has 2 aromatic rings. The Morgan fingerprint density at radius 2 is 1.62 bits per heavy atom. The summed E-state index contributed by atoms with van der Waals surface area (Å²) in [5, 5.41) is 20.3. The number of rotatable bonds is 2. The number of aromatic hydroxyl groups is 2. The first-order valence-corrected chi connectivity index (χ1v) is 8.24. The predicted octanol–water partition coefficient (Wildman–Crippen LogP) is 3.19. The minimum atomic E-state index is -1.23. The van der Waals surface area contributed by atoms with Gasteiger partial charge in [0.05, 0.1) is 11.2 Å². The molecule has 6 nitrogen and oxygen atoms in total. The highest BCUT2D eigenvalue weighted by Crippen LogP contribution is 2.39. The van der Waals surface area contributed by atoms with Gasteiger partial charge >= 0.3 is 7.12 Å². The highest BCUT2D eigenvalue weighted by atomic mass is 19.1. The molecule has 1 aromatic heterocycles. The van der Waals surface area contributed by atoms with E-state index in [2.05, 4.69) is 4.98 Å². The van der Waals surface area contributed by atoms with E-state index >= 15 is 0 Å². The molecule has 3 N–H and O–H groups in total. The fourth-order valence-corrected chi connectivity index (χ4v) is 2.84. The van der Waals surface area contributed by atoms with Crippen LogP contribution in [0.4, 0.5) is 4.39 Å². The summed E-state index contributed by atoms with van der Waals surface area (Å²) in [4.78, 5) is 15.0. The number of hydrogen-bond donors (Lipinski definition) is 3. The SMILES string of the molecule is Cc1[nH]c(=O)c(C=C(F)B2OC(C)(C)C(C)(C)O2)c2cc(O)c(O)cc12. The lowest BCUT2D eigenvalue weighted by molar-refractivity contribution is 0.00578. The number of benzene rings is 1. The van der Waals surface area contributed by atoms with Crippen LogP contribution in [0.25, 0.3) is 16.8 Å². The van der Waals surface area contributed by atoms with Gasteiger partial charge in [0.1, 0.15) is 5.73 Å². The Balaban J connectivity index is 2.13. The average molecular weight is 361 g/mol. The third-order valence-corrected chi connectivity index (χ3v) is 5.12. The highest BCUT2D eigenvalue weighted by molar-refractivity contribution is 6.54. The normalized spacial score (nSPS) is 19.3. The van der Waals surface area contributed by atoms with E-state index in [9.17, 15) is 19.4 Å². The molecule has 8 heteroatoms. The lowest BCUT2D eigenvalue weighted by atomic mass is 9.86. The Morgan fingerprint density at radius 1 is 1.12 bits per heavy atom. The van der Waals surface area contributed by atoms with Gasteiger partial charge in [0, 0.05) is 22.0 Å². The van der Waals surface area contributed by atoms with Crippen molar-refractivity contribution in [2.24, 2.45) is 0 Å². The van der Waals surface area contributed by atoms with Gasteiger partial charge in [-0.3, -0.25) is 4.79 Å². The molecule has 0 amide bonds. The minimum absolute atomic E-state index is 0.00751. The van der Waals surface area contributed by atoms with E-state index in [4.69, 9.17) is 9.31 Å². The van der Waals surface area contributed by atoms with E-state index < -0.39 is 35.4 Å². The number of aromatic amines is 1. The fraction of sp³-hybridized carbons (Fsp3) is 0.389. The molecule has 1 aromatic carbocycles. The summed E-state index contributed by atoms with van der Waals surface area (Å²) < 4.78 is 26.1. The number of aromatic nitrogens is 1. The molecule has 0 unspecified atom stereocenters. The predicted molar refractivity (Wildman–Crippen MR) is 97.8 cm³/mol. The topological polar surface area (TPSA) is 91.8 Å². The third kappa shape index (κ3) is 2.89. The van der Waals surface area contributed by atoms with Crippen LogP contribution in [0.5, 0.6) is 11.5 Å². The third-order valence-electron chi connectivity index (χ3n) is 5.12. The molecule has 26 heavy (non-hydrogen) atoms. The summed E-state index contributed by atoms with van der Waals surface area (Å²) in [6, 6.07) is 2.55. The number of aryl methyl sites for hydroxylation is 1. The number of nitrogens with one attached hydrogen (secondary N) is 1. The average Bonchev–Trinajstić information content (AvgIpc) is 2.74. The van der Waals surface area contributed by atoms with Crippen molar-refractivity contribution in [1.29, 1.82) is 0 Å². The zero-order valence-electron chi connectivity index (χ0n) is 15.3. The minimum Gasteiger partial charge on any atom is -0.504 e. The Labute approximate surface area is 150 Å². The van der Waals surface area contributed by atoms with Gasteiger partial charge in [-0.15, -0.1) is 0 Å². The summed E-state index contributed by atoms with van der Waals surface area (Å²) in [6.07, 6.45) is 1.04. The van der Waals surface area contributed by atoms with Crippen LogP contribution in [0.3, 0.4) is 0 Å². The zero-order valence-corrected chi connectivity index (χ0v) is 15.3. The number of hydrogen-bond acceptors (Lipinski definition) is 5. The number of fused-ring (bicyclic) bond motifs is 1. The Hall–Kier alpha value is -2.32. The second-order valence-electron chi connectivity index (χ2n) is 7.50. The Bertz CT molecular complexity index is 964. The molecule has 0 aliphatic carbocycles. The van der Waals surface area contributed by atoms with Crippen molar-refractivity contribution in [2.75, 3.05) is 0 Å². The quantitative estimate of drug-likeness (QED) is 0.565. The molecule has 0 bridgehead atoms. The standard InChI is InChI=1S/C18H21BFNO5/c1-9-10-6-13(22)14(23)7-11(10)12(16(24)21-9)8-15(20)19-25-17(2,3)18(4,5)26-19/h6-8,22-23H,1-5H3,(H,21,24). The van der Waals surface area contributed by atoms with Gasteiger partial charge in [-0.1, -0.05) is 0 Å². The van der Waals surface area contributed by atoms with Crippen LogP contribution < -0.4 is 5.56 Å². The van der Waals surface area contributed by atoms with E-state index in [1.54, 1.807) is 34.6 Å². The maximum absolute atomic E-state index is 14.8. The smallest absolute Gasteiger partial charge is 0.504 e. The van der Waals surface area contributed by atoms with Crippen LogP contribution >= 0.6 is 0 Å². The van der Waals surface area contributed by atoms with Crippen LogP contribution in [0.1, 0.15) is 39.0 Å². The van der Waals surface area contributed by atoms with Crippen LogP contribution in [0.2, 0.25) is 0 Å². The summed E-state index contributed by atoms with van der Waals surface area (Å²) in [6.45, 7) is 8.85. The van der Waals surface area contributed by atoms with Crippen LogP contribution in [-0.4, -0.2) is 33.5 Å². The Morgan fingerprint density at radius 3 is 2.15 bits per heavy atom. The van der Waals surface area contributed by atoms with Crippen molar-refractivity contribution in [3.8, 4) is 11.5 Å². The van der Waals surface area contributed by atoms with Gasteiger partial charge in [-0.05, 0) is 52.8 Å². The molecule has 0 atom stereocenters. The first-order valence-electron chi connectivity index (χ1n) is 8.24. The van der Waals surface area contributed by atoms with Crippen LogP contribution in [0.15, 0.2) is 22.7 Å². The monoisotopic (exact) mass is 361 g/mol. The Kier molecular flexibility index (Phi) is 4.16. The summed E-state index contributed by atoms with van der Waals surface area (Å²) in [5.41, 5.74) is -2.20. The molecule has 0 spiro atoms. The number of H-pyrrole nitrogens is 1. The first-order chi connectivity index (χ1) is 11.9. The highest BCUT2D eigenvalue weighted by Gasteiger charge is 2.53. The van der Waals surface area contributed by atoms with E-state index in [-0.39, 0.29) is 11.3 Å². The summed E-state index contributed by atoms with van der Waals surface area (Å²) in [5.74, 6) is -0.720. The van der Waals surface area contributed by atoms with Gasteiger partial charge in [0.15, 0.2) is 11.5 Å². The first kappa shape index (κ1) is 18.5. The van der Waals surface area contributed by atoms with E-state index in [1.165, 1.54) is 12.1 Å². The molecule has 1 aliphatic rings. The van der Waals surface area contributed by atoms with Crippen molar-refractivity contribution in [3.63, 3.8) is 0 Å². The van der Waals surface area contributed by atoms with Crippen molar-refractivity contribution in [1.82, 2.24) is 4.98 Å². The van der Waals surface area contributed by atoms with Crippen LogP contribution in [0, 0.1) is 6.92 Å². The van der Waals surface area contributed by atoms with Gasteiger partial charge in [-0.25, -0.2) is 4.39 Å². The molecule has 2 heterocycles. The van der Waals surface area contributed by atoms with Gasteiger partial charge in [-0.2, -0.15) is 0 Å². The molecule has 0 radical (unpaired) electrons. The van der Waals surface area contributed by atoms with E-state index in [0.717, 1.165) is 6.08 Å². The number of halogens is 1. The summed E-state index contributed by atoms with van der Waals surface area (Å²) in [7, 11) is -1.23. The maximum Gasteiger partial charge on any atom is 0.525 e. The van der Waals surface area contributed by atoms with Gasteiger partial charge in [0.25, 0.3) is 5.56 Å². The fourth-order valence-electron chi connectivity index (χ4n) is 2.84. The molecule has 1 aliphatic heterocycles. The molecular weight excluding hydrogens is 340 g/mol. The molecule has 1 fully saturated rings. The maximum atomic E-state index is 14.8.